The second-order valence-corrected chi connectivity index (χ2v) is 5.28. The smallest absolute Gasteiger partial charge is 0.123 e. The quantitative estimate of drug-likeness (QED) is 0.492. The lowest BCUT2D eigenvalue weighted by Gasteiger charge is -2.03. The van der Waals surface area contributed by atoms with Gasteiger partial charge in [-0.2, -0.15) is 0 Å². The first kappa shape index (κ1) is 12.8. The summed E-state index contributed by atoms with van der Waals surface area (Å²) in [5, 5.41) is 0. The summed E-state index contributed by atoms with van der Waals surface area (Å²) in [5.74, 6) is 1.64. The Morgan fingerprint density at radius 3 is 2.72 bits per heavy atom. The van der Waals surface area contributed by atoms with Crippen molar-refractivity contribution < 1.29 is 0 Å². The van der Waals surface area contributed by atoms with Crippen LogP contribution in [0.25, 0.3) is 0 Å². The molecule has 0 bridgehead atoms. The van der Waals surface area contributed by atoms with Crippen molar-refractivity contribution >= 4 is 23.3 Å². The van der Waals surface area contributed by atoms with Crippen molar-refractivity contribution in [3.8, 4) is 0 Å². The van der Waals surface area contributed by atoms with Gasteiger partial charge in [0.05, 0.1) is 0 Å². The summed E-state index contributed by atoms with van der Waals surface area (Å²) in [6.45, 7) is 0. The molecule has 4 N–H and O–H groups in total. The molecule has 1 aromatic heterocycles. The standard InChI is InChI=1S/C14H17N3S/c15-12-5-1-3-11(9-12)4-2-8-18-13-6-7-14(16)17-10-13/h1,3,5-7,9-10H,2,4,8,15H2,(H2,16,17). The number of anilines is 2. The molecule has 0 saturated heterocycles. The van der Waals surface area contributed by atoms with Gasteiger partial charge in [0.25, 0.3) is 0 Å². The van der Waals surface area contributed by atoms with E-state index in [4.69, 9.17) is 11.5 Å². The first-order chi connectivity index (χ1) is 8.74. The number of benzene rings is 1. The van der Waals surface area contributed by atoms with Crippen LogP contribution in [-0.4, -0.2) is 10.7 Å². The highest BCUT2D eigenvalue weighted by Gasteiger charge is 1.97. The Morgan fingerprint density at radius 2 is 2.00 bits per heavy atom. The van der Waals surface area contributed by atoms with E-state index in [2.05, 4.69) is 11.1 Å². The summed E-state index contributed by atoms with van der Waals surface area (Å²) in [7, 11) is 0. The van der Waals surface area contributed by atoms with E-state index in [0.29, 0.717) is 5.82 Å². The number of nitrogen functional groups attached to an aromatic ring is 2. The number of pyridine rings is 1. The molecule has 0 spiro atoms. The maximum absolute atomic E-state index is 5.74. The Bertz CT molecular complexity index is 497. The van der Waals surface area contributed by atoms with Crippen LogP contribution < -0.4 is 11.5 Å². The molecule has 0 aliphatic heterocycles. The van der Waals surface area contributed by atoms with Crippen LogP contribution in [0.5, 0.6) is 0 Å². The summed E-state index contributed by atoms with van der Waals surface area (Å²) < 4.78 is 0. The van der Waals surface area contributed by atoms with Gasteiger partial charge in [0, 0.05) is 16.8 Å². The van der Waals surface area contributed by atoms with Crippen LogP contribution >= 0.6 is 11.8 Å². The molecule has 4 heteroatoms. The molecule has 0 radical (unpaired) electrons. The maximum Gasteiger partial charge on any atom is 0.123 e. The Hall–Kier alpha value is -1.68. The lowest BCUT2D eigenvalue weighted by molar-refractivity contribution is 0.933. The first-order valence-corrected chi connectivity index (χ1v) is 6.91. The number of rotatable bonds is 5. The maximum atomic E-state index is 5.74. The topological polar surface area (TPSA) is 64.9 Å². The summed E-state index contributed by atoms with van der Waals surface area (Å²) in [6.07, 6.45) is 4.00. The van der Waals surface area contributed by atoms with Crippen LogP contribution in [0.4, 0.5) is 11.5 Å². The van der Waals surface area contributed by atoms with E-state index in [0.717, 1.165) is 29.2 Å². The van der Waals surface area contributed by atoms with Gasteiger partial charge in [0.2, 0.25) is 0 Å². The molecule has 0 fully saturated rings. The van der Waals surface area contributed by atoms with Gasteiger partial charge in [0.1, 0.15) is 5.82 Å². The zero-order valence-corrected chi connectivity index (χ0v) is 11.0. The zero-order chi connectivity index (χ0) is 12.8. The Morgan fingerprint density at radius 1 is 1.11 bits per heavy atom. The number of nitrogens with zero attached hydrogens (tertiary/aromatic N) is 1. The molecular weight excluding hydrogens is 242 g/mol. The van der Waals surface area contributed by atoms with Gasteiger partial charge in [-0.15, -0.1) is 11.8 Å². The fourth-order valence-electron chi connectivity index (χ4n) is 1.69. The van der Waals surface area contributed by atoms with Gasteiger partial charge in [-0.05, 0) is 48.4 Å². The number of hydrogen-bond donors (Lipinski definition) is 2. The molecule has 1 heterocycles. The summed E-state index contributed by atoms with van der Waals surface area (Å²) in [5.41, 5.74) is 13.4. The van der Waals surface area contributed by atoms with Gasteiger partial charge >= 0.3 is 0 Å². The highest BCUT2D eigenvalue weighted by atomic mass is 32.2. The number of thioether (sulfide) groups is 1. The Labute approximate surface area is 112 Å². The summed E-state index contributed by atoms with van der Waals surface area (Å²) in [4.78, 5) is 5.23. The number of aromatic nitrogens is 1. The zero-order valence-electron chi connectivity index (χ0n) is 10.2. The molecule has 94 valence electrons. The van der Waals surface area contributed by atoms with Crippen molar-refractivity contribution in [3.63, 3.8) is 0 Å². The van der Waals surface area contributed by atoms with E-state index in [1.54, 1.807) is 11.8 Å². The SMILES string of the molecule is Nc1cccc(CCCSc2ccc(N)nc2)c1. The fraction of sp³-hybridized carbons (Fsp3) is 0.214. The Balaban J connectivity index is 1.74. The molecule has 0 amide bonds. The molecule has 2 aromatic rings. The monoisotopic (exact) mass is 259 g/mol. The van der Waals surface area contributed by atoms with Crippen LogP contribution in [0.1, 0.15) is 12.0 Å². The van der Waals surface area contributed by atoms with Gasteiger partial charge in [-0.1, -0.05) is 12.1 Å². The fourth-order valence-corrected chi connectivity index (χ4v) is 2.51. The van der Waals surface area contributed by atoms with E-state index in [-0.39, 0.29) is 0 Å². The molecule has 0 saturated carbocycles. The average Bonchev–Trinajstić information content (AvgIpc) is 2.37. The minimum atomic E-state index is 0.569. The third-order valence-corrected chi connectivity index (χ3v) is 3.66. The highest BCUT2D eigenvalue weighted by molar-refractivity contribution is 7.99. The van der Waals surface area contributed by atoms with Crippen LogP contribution in [0.15, 0.2) is 47.5 Å². The van der Waals surface area contributed by atoms with Crippen LogP contribution in [0.3, 0.4) is 0 Å². The van der Waals surface area contributed by atoms with E-state index < -0.39 is 0 Å². The number of nitrogens with two attached hydrogens (primary N) is 2. The first-order valence-electron chi connectivity index (χ1n) is 5.93. The van der Waals surface area contributed by atoms with E-state index in [1.165, 1.54) is 5.56 Å². The van der Waals surface area contributed by atoms with Crippen molar-refractivity contribution in [3.05, 3.63) is 48.2 Å². The van der Waals surface area contributed by atoms with E-state index in [1.807, 2.05) is 36.5 Å². The number of aryl methyl sites for hydroxylation is 1. The Kier molecular flexibility index (Phi) is 4.47. The highest BCUT2D eigenvalue weighted by Crippen LogP contribution is 2.19. The van der Waals surface area contributed by atoms with E-state index >= 15 is 0 Å². The van der Waals surface area contributed by atoms with Crippen molar-refractivity contribution in [2.45, 2.75) is 17.7 Å². The van der Waals surface area contributed by atoms with Gasteiger partial charge < -0.3 is 11.5 Å². The molecule has 18 heavy (non-hydrogen) atoms. The van der Waals surface area contributed by atoms with Crippen molar-refractivity contribution in [1.29, 1.82) is 0 Å². The van der Waals surface area contributed by atoms with Crippen LogP contribution in [0, 0.1) is 0 Å². The minimum absolute atomic E-state index is 0.569. The number of hydrogen-bond acceptors (Lipinski definition) is 4. The van der Waals surface area contributed by atoms with Crippen molar-refractivity contribution in [1.82, 2.24) is 4.98 Å². The normalized spacial score (nSPS) is 10.4. The predicted molar refractivity (Wildman–Crippen MR) is 78.5 cm³/mol. The molecule has 0 aliphatic rings. The van der Waals surface area contributed by atoms with Crippen LogP contribution in [0.2, 0.25) is 0 Å². The second-order valence-electron chi connectivity index (χ2n) is 4.12. The molecule has 0 aliphatic carbocycles. The van der Waals surface area contributed by atoms with Crippen molar-refractivity contribution in [2.24, 2.45) is 0 Å². The third-order valence-electron chi connectivity index (χ3n) is 2.59. The van der Waals surface area contributed by atoms with Crippen molar-refractivity contribution in [2.75, 3.05) is 17.2 Å². The molecule has 0 unspecified atom stereocenters. The summed E-state index contributed by atoms with van der Waals surface area (Å²) >= 11 is 1.80. The van der Waals surface area contributed by atoms with Gasteiger partial charge in [0.15, 0.2) is 0 Å². The van der Waals surface area contributed by atoms with Gasteiger partial charge in [-0.3, -0.25) is 0 Å². The molecule has 1 aromatic carbocycles. The molecule has 2 rings (SSSR count). The van der Waals surface area contributed by atoms with Crippen LogP contribution in [-0.2, 0) is 6.42 Å². The van der Waals surface area contributed by atoms with E-state index in [9.17, 15) is 0 Å². The molecule has 3 nitrogen and oxygen atoms in total. The third kappa shape index (κ3) is 3.96. The second kappa shape index (κ2) is 6.31. The average molecular weight is 259 g/mol. The summed E-state index contributed by atoms with van der Waals surface area (Å²) in [6, 6.07) is 11.9. The largest absolute Gasteiger partial charge is 0.399 e. The lowest BCUT2D eigenvalue weighted by atomic mass is 10.1. The predicted octanol–water partition coefficient (Wildman–Crippen LogP) is 2.97. The minimum Gasteiger partial charge on any atom is -0.399 e. The lowest BCUT2D eigenvalue weighted by Crippen LogP contribution is -1.91. The van der Waals surface area contributed by atoms with Gasteiger partial charge in [-0.25, -0.2) is 4.98 Å². The molecular formula is C14H17N3S. The molecule has 0 atom stereocenters.